The smallest absolute Gasteiger partial charge is 0.328 e. The van der Waals surface area contributed by atoms with Crippen LogP contribution in [0.15, 0.2) is 48.5 Å². The molecule has 0 aliphatic rings. The minimum atomic E-state index is -0.653. The van der Waals surface area contributed by atoms with Crippen LogP contribution in [0.4, 0.5) is 0 Å². The van der Waals surface area contributed by atoms with Crippen LogP contribution in [0.3, 0.4) is 0 Å². The molecular formula is C25H30N2O3. The van der Waals surface area contributed by atoms with Crippen LogP contribution in [0.1, 0.15) is 62.2 Å². The predicted molar refractivity (Wildman–Crippen MR) is 121 cm³/mol. The van der Waals surface area contributed by atoms with Crippen molar-refractivity contribution in [2.45, 2.75) is 57.9 Å². The van der Waals surface area contributed by atoms with Gasteiger partial charge >= 0.3 is 5.97 Å². The molecule has 2 aromatic carbocycles. The lowest BCUT2D eigenvalue weighted by Crippen LogP contribution is -2.41. The summed E-state index contributed by atoms with van der Waals surface area (Å²) in [5.41, 5.74) is 2.06. The molecule has 0 aliphatic carbocycles. The highest BCUT2D eigenvalue weighted by molar-refractivity contribution is 6.16. The Kier molecular flexibility index (Phi) is 7.77. The average molecular weight is 407 g/mol. The summed E-state index contributed by atoms with van der Waals surface area (Å²) in [6.45, 7) is 2.19. The third-order valence-corrected chi connectivity index (χ3v) is 5.45. The number of aromatic nitrogens is 1. The van der Waals surface area contributed by atoms with Gasteiger partial charge < -0.3 is 10.1 Å². The molecule has 0 aliphatic heterocycles. The van der Waals surface area contributed by atoms with Crippen molar-refractivity contribution in [3.05, 3.63) is 54.1 Å². The lowest BCUT2D eigenvalue weighted by Gasteiger charge is -2.18. The molecule has 1 amide bonds. The van der Waals surface area contributed by atoms with Crippen LogP contribution in [0, 0.1) is 0 Å². The number of benzene rings is 2. The van der Waals surface area contributed by atoms with E-state index in [0.29, 0.717) is 12.0 Å². The Morgan fingerprint density at radius 3 is 2.07 bits per heavy atom. The molecule has 158 valence electrons. The summed E-state index contributed by atoms with van der Waals surface area (Å²) in [5, 5.41) is 4.48. The van der Waals surface area contributed by atoms with E-state index in [1.807, 2.05) is 48.5 Å². The van der Waals surface area contributed by atoms with E-state index in [4.69, 9.17) is 4.74 Å². The number of para-hydroxylation sites is 2. The van der Waals surface area contributed by atoms with Gasteiger partial charge in [-0.1, -0.05) is 81.8 Å². The molecule has 1 N–H and O–H groups in total. The maximum absolute atomic E-state index is 13.3. The number of amides is 1. The number of pyridine rings is 1. The van der Waals surface area contributed by atoms with Crippen LogP contribution < -0.4 is 5.32 Å². The van der Waals surface area contributed by atoms with Crippen LogP contribution in [-0.4, -0.2) is 30.0 Å². The van der Waals surface area contributed by atoms with Gasteiger partial charge in [0, 0.05) is 10.8 Å². The number of unbranched alkanes of at least 4 members (excludes halogenated alkanes) is 5. The Balaban J connectivity index is 1.82. The molecule has 5 nitrogen and oxygen atoms in total. The number of ether oxygens (including phenoxy) is 1. The van der Waals surface area contributed by atoms with Crippen molar-refractivity contribution in [1.29, 1.82) is 0 Å². The Bertz CT molecular complexity index is 962. The zero-order valence-electron chi connectivity index (χ0n) is 17.8. The first-order valence-electron chi connectivity index (χ1n) is 10.8. The molecule has 0 spiro atoms. The van der Waals surface area contributed by atoms with Gasteiger partial charge in [-0.15, -0.1) is 0 Å². The number of esters is 1. The Labute approximate surface area is 177 Å². The number of carbonyl (C=O) groups is 2. The number of fused-ring (bicyclic) bond motifs is 2. The molecule has 1 heterocycles. The van der Waals surface area contributed by atoms with Gasteiger partial charge in [0.05, 0.1) is 23.7 Å². The zero-order valence-corrected chi connectivity index (χ0v) is 17.8. The highest BCUT2D eigenvalue weighted by atomic mass is 16.5. The molecule has 0 saturated carbocycles. The number of hydrogen-bond donors (Lipinski definition) is 1. The van der Waals surface area contributed by atoms with Crippen molar-refractivity contribution >= 4 is 33.7 Å². The Morgan fingerprint density at radius 1 is 0.900 bits per heavy atom. The fourth-order valence-corrected chi connectivity index (χ4v) is 3.83. The largest absolute Gasteiger partial charge is 0.467 e. The minimum Gasteiger partial charge on any atom is -0.467 e. The summed E-state index contributed by atoms with van der Waals surface area (Å²) in [4.78, 5) is 30.3. The van der Waals surface area contributed by atoms with E-state index < -0.39 is 12.0 Å². The molecule has 0 saturated heterocycles. The number of nitrogens with one attached hydrogen (secondary N) is 1. The lowest BCUT2D eigenvalue weighted by molar-refractivity contribution is -0.143. The summed E-state index contributed by atoms with van der Waals surface area (Å²) in [5.74, 6) is -0.675. The summed E-state index contributed by atoms with van der Waals surface area (Å²) in [7, 11) is 1.36. The summed E-state index contributed by atoms with van der Waals surface area (Å²) < 4.78 is 4.95. The van der Waals surface area contributed by atoms with E-state index in [1.165, 1.54) is 26.4 Å². The normalized spacial score (nSPS) is 12.1. The molecule has 30 heavy (non-hydrogen) atoms. The Morgan fingerprint density at radius 2 is 1.47 bits per heavy atom. The van der Waals surface area contributed by atoms with E-state index in [9.17, 15) is 9.59 Å². The molecule has 0 radical (unpaired) electrons. The van der Waals surface area contributed by atoms with Crippen molar-refractivity contribution in [2.75, 3.05) is 7.11 Å². The zero-order chi connectivity index (χ0) is 21.3. The van der Waals surface area contributed by atoms with Gasteiger partial charge in [-0.05, 0) is 18.6 Å². The maximum atomic E-state index is 13.3. The van der Waals surface area contributed by atoms with Gasteiger partial charge in [-0.3, -0.25) is 4.79 Å². The number of hydrogen-bond acceptors (Lipinski definition) is 4. The van der Waals surface area contributed by atoms with Gasteiger partial charge in [0.15, 0.2) is 0 Å². The number of rotatable bonds is 10. The minimum absolute atomic E-state index is 0.272. The molecule has 3 aromatic rings. The third kappa shape index (κ3) is 5.15. The van der Waals surface area contributed by atoms with Gasteiger partial charge in [0.1, 0.15) is 6.04 Å². The van der Waals surface area contributed by atoms with Crippen LogP contribution in [-0.2, 0) is 9.53 Å². The molecule has 3 rings (SSSR count). The Hall–Kier alpha value is -2.95. The van der Waals surface area contributed by atoms with Crippen molar-refractivity contribution < 1.29 is 14.3 Å². The van der Waals surface area contributed by atoms with Crippen LogP contribution in [0.5, 0.6) is 0 Å². The monoisotopic (exact) mass is 406 g/mol. The maximum Gasteiger partial charge on any atom is 0.328 e. The van der Waals surface area contributed by atoms with Crippen LogP contribution in [0.25, 0.3) is 21.8 Å². The van der Waals surface area contributed by atoms with E-state index in [1.54, 1.807) is 0 Å². The SMILES string of the molecule is CCCCCCCC[C@H](NC(=O)c1c2ccccc2nc2ccccc12)C(=O)OC. The average Bonchev–Trinajstić information content (AvgIpc) is 2.78. The van der Waals surface area contributed by atoms with E-state index >= 15 is 0 Å². The standard InChI is InChI=1S/C25H30N2O3/c1-3-4-5-6-7-8-17-22(25(29)30-2)27-24(28)23-18-13-9-11-15-20(18)26-21-16-12-10-14-19(21)23/h9-16,22H,3-8,17H2,1-2H3,(H,27,28)/t22-/m0/s1. The summed E-state index contributed by atoms with van der Waals surface area (Å²) >= 11 is 0. The molecular weight excluding hydrogens is 376 g/mol. The second-order valence-corrected chi connectivity index (χ2v) is 7.63. The molecule has 0 bridgehead atoms. The first kappa shape index (κ1) is 21.8. The summed E-state index contributed by atoms with van der Waals surface area (Å²) in [6, 6.07) is 14.5. The van der Waals surface area contributed by atoms with Gasteiger partial charge in [-0.25, -0.2) is 9.78 Å². The van der Waals surface area contributed by atoms with Crippen molar-refractivity contribution in [2.24, 2.45) is 0 Å². The highest BCUT2D eigenvalue weighted by Gasteiger charge is 2.24. The number of carbonyl (C=O) groups excluding carboxylic acids is 2. The first-order valence-corrected chi connectivity index (χ1v) is 10.8. The number of methoxy groups -OCH3 is 1. The van der Waals surface area contributed by atoms with Crippen LogP contribution >= 0.6 is 0 Å². The van der Waals surface area contributed by atoms with Crippen molar-refractivity contribution in [3.8, 4) is 0 Å². The first-order chi connectivity index (χ1) is 14.7. The fourth-order valence-electron chi connectivity index (χ4n) is 3.83. The topological polar surface area (TPSA) is 68.3 Å². The van der Waals surface area contributed by atoms with Gasteiger partial charge in [0.2, 0.25) is 0 Å². The quantitative estimate of drug-likeness (QED) is 0.278. The van der Waals surface area contributed by atoms with Crippen molar-refractivity contribution in [3.63, 3.8) is 0 Å². The molecule has 1 aromatic heterocycles. The van der Waals surface area contributed by atoms with E-state index in [-0.39, 0.29) is 5.91 Å². The molecule has 5 heteroatoms. The fraction of sp³-hybridized carbons (Fsp3) is 0.400. The second kappa shape index (κ2) is 10.7. The predicted octanol–water partition coefficient (Wildman–Crippen LogP) is 5.41. The van der Waals surface area contributed by atoms with Crippen LogP contribution in [0.2, 0.25) is 0 Å². The molecule has 0 fully saturated rings. The number of nitrogens with zero attached hydrogens (tertiary/aromatic N) is 1. The van der Waals surface area contributed by atoms with Gasteiger partial charge in [0.25, 0.3) is 5.91 Å². The highest BCUT2D eigenvalue weighted by Crippen LogP contribution is 2.26. The molecule has 0 unspecified atom stereocenters. The van der Waals surface area contributed by atoms with Crippen molar-refractivity contribution in [1.82, 2.24) is 10.3 Å². The van der Waals surface area contributed by atoms with E-state index in [0.717, 1.165) is 41.1 Å². The third-order valence-electron chi connectivity index (χ3n) is 5.45. The van der Waals surface area contributed by atoms with Gasteiger partial charge in [-0.2, -0.15) is 0 Å². The summed E-state index contributed by atoms with van der Waals surface area (Å²) in [6.07, 6.45) is 7.29. The van der Waals surface area contributed by atoms with E-state index in [2.05, 4.69) is 17.2 Å². The molecule has 1 atom stereocenters. The lowest BCUT2D eigenvalue weighted by atomic mass is 10.0. The second-order valence-electron chi connectivity index (χ2n) is 7.63.